The average molecular weight is 465 g/mol. The number of anilines is 2. The van der Waals surface area contributed by atoms with E-state index in [0.29, 0.717) is 27.8 Å². The largest absolute Gasteiger partial charge is 0.366 e. The van der Waals surface area contributed by atoms with Crippen molar-refractivity contribution >= 4 is 34.1 Å². The summed E-state index contributed by atoms with van der Waals surface area (Å²) in [5.41, 5.74) is 0.706. The van der Waals surface area contributed by atoms with Crippen LogP contribution in [0.25, 0.3) is 11.0 Å². The second-order valence-corrected chi connectivity index (χ2v) is 8.35. The number of aromatic nitrogens is 3. The van der Waals surface area contributed by atoms with Crippen molar-refractivity contribution < 1.29 is 13.2 Å². The van der Waals surface area contributed by atoms with Gasteiger partial charge in [0.2, 0.25) is 0 Å². The maximum absolute atomic E-state index is 14.7. The number of rotatable bonds is 5. The van der Waals surface area contributed by atoms with Crippen LogP contribution in [-0.2, 0) is 0 Å². The van der Waals surface area contributed by atoms with E-state index in [1.165, 1.54) is 12.1 Å². The van der Waals surface area contributed by atoms with Gasteiger partial charge in [-0.1, -0.05) is 29.8 Å². The summed E-state index contributed by atoms with van der Waals surface area (Å²) in [5.74, 6) is -0.0109. The fourth-order valence-electron chi connectivity index (χ4n) is 3.86. The molecule has 1 saturated heterocycles. The summed E-state index contributed by atoms with van der Waals surface area (Å²) in [7, 11) is 2.07. The summed E-state index contributed by atoms with van der Waals surface area (Å²) < 4.78 is 40.9. The van der Waals surface area contributed by atoms with Gasteiger partial charge in [-0.15, -0.1) is 0 Å². The first-order valence-electron chi connectivity index (χ1n) is 10.4. The molecular weight excluding hydrogens is 441 g/mol. The van der Waals surface area contributed by atoms with Gasteiger partial charge in [-0.25, -0.2) is 28.1 Å². The molecule has 1 aliphatic heterocycles. The summed E-state index contributed by atoms with van der Waals surface area (Å²) in [4.78, 5) is 17.7. The number of benzene rings is 1. The highest BCUT2D eigenvalue weighted by atomic mass is 35.5. The molecule has 1 aliphatic rings. The number of nitrogens with one attached hydrogen (secondary N) is 1. The monoisotopic (exact) mass is 464 g/mol. The van der Waals surface area contributed by atoms with Crippen molar-refractivity contribution in [1.29, 1.82) is 0 Å². The average Bonchev–Trinajstić information content (AvgIpc) is 2.73. The smallest absolute Gasteiger partial charge is 0.266 e. The van der Waals surface area contributed by atoms with Crippen molar-refractivity contribution in [3.63, 3.8) is 0 Å². The molecule has 0 bridgehead atoms. The highest BCUT2D eigenvalue weighted by Gasteiger charge is 2.22. The van der Waals surface area contributed by atoms with Crippen LogP contribution in [0.3, 0.4) is 0 Å². The predicted octanol–water partition coefficient (Wildman–Crippen LogP) is 4.99. The second-order valence-electron chi connectivity index (χ2n) is 8.00. The van der Waals surface area contributed by atoms with Gasteiger partial charge in [0, 0.05) is 31.7 Å². The predicted molar refractivity (Wildman–Crippen MR) is 120 cm³/mol. The molecule has 1 N–H and O–H groups in total. The van der Waals surface area contributed by atoms with Crippen LogP contribution in [0, 0.1) is 12.7 Å². The number of alkyl halides is 2. The van der Waals surface area contributed by atoms with E-state index in [2.05, 4.69) is 37.1 Å². The van der Waals surface area contributed by atoms with E-state index >= 15 is 0 Å². The fourth-order valence-corrected chi connectivity index (χ4v) is 4.12. The van der Waals surface area contributed by atoms with Crippen molar-refractivity contribution in [1.82, 2.24) is 19.9 Å². The molecule has 0 radical (unpaired) electrons. The minimum Gasteiger partial charge on any atom is -0.366 e. The number of pyridine rings is 1. The van der Waals surface area contributed by atoms with Crippen molar-refractivity contribution in [2.75, 3.05) is 43.4 Å². The maximum atomic E-state index is 14.7. The topological polar surface area (TPSA) is 57.2 Å². The number of nitrogens with zero attached hydrogens (tertiary/aromatic N) is 5. The summed E-state index contributed by atoms with van der Waals surface area (Å²) in [5, 5.41) is 4.15. The maximum Gasteiger partial charge on any atom is 0.266 e. The SMILES string of the molecule is Cc1nc(N[C@H](C)c2cccc(C(F)F)c2F)c2cc(N3CCN(C)CC3)c(Cl)nc2n1. The van der Waals surface area contributed by atoms with Gasteiger partial charge < -0.3 is 15.1 Å². The lowest BCUT2D eigenvalue weighted by atomic mass is 10.0. The van der Waals surface area contributed by atoms with Gasteiger partial charge in [0.05, 0.1) is 22.7 Å². The number of likely N-dealkylation sites (N-methyl/N-ethyl adjacent to an activating group) is 1. The highest BCUT2D eigenvalue weighted by Crippen LogP contribution is 2.33. The van der Waals surface area contributed by atoms with Crippen molar-refractivity contribution in [2.24, 2.45) is 0 Å². The quantitative estimate of drug-likeness (QED) is 0.537. The van der Waals surface area contributed by atoms with Crippen LogP contribution in [0.1, 0.15) is 36.3 Å². The number of halogens is 4. The summed E-state index contributed by atoms with van der Waals surface area (Å²) >= 11 is 6.48. The Balaban J connectivity index is 1.72. The Bertz CT molecular complexity index is 1130. The molecular formula is C22H24ClF3N6. The highest BCUT2D eigenvalue weighted by molar-refractivity contribution is 6.32. The third-order valence-corrected chi connectivity index (χ3v) is 5.97. The Labute approximate surface area is 189 Å². The molecule has 0 saturated carbocycles. The molecule has 3 heterocycles. The zero-order valence-corrected chi connectivity index (χ0v) is 18.8. The lowest BCUT2D eigenvalue weighted by Crippen LogP contribution is -2.44. The van der Waals surface area contributed by atoms with E-state index in [1.807, 2.05) is 6.07 Å². The number of hydrogen-bond acceptors (Lipinski definition) is 6. The fraction of sp³-hybridized carbons (Fsp3) is 0.409. The lowest BCUT2D eigenvalue weighted by Gasteiger charge is -2.34. The Morgan fingerprint density at radius 2 is 1.75 bits per heavy atom. The zero-order chi connectivity index (χ0) is 23.0. The first kappa shape index (κ1) is 22.5. The standard InChI is InChI=1S/C22H24ClF3N6/c1-12(14-5-4-6-15(18(14)24)20(25)26)27-21-16-11-17(32-9-7-31(3)8-10-32)19(23)30-22(16)29-13(2)28-21/h4-6,11-12,20H,7-10H2,1-3H3,(H,27,28,29,30)/t12-/m1/s1. The Morgan fingerprint density at radius 1 is 1.06 bits per heavy atom. The van der Waals surface area contributed by atoms with Crippen LogP contribution < -0.4 is 10.2 Å². The van der Waals surface area contributed by atoms with Crippen molar-refractivity contribution in [2.45, 2.75) is 26.3 Å². The molecule has 0 spiro atoms. The van der Waals surface area contributed by atoms with E-state index in [0.717, 1.165) is 37.9 Å². The molecule has 1 aromatic carbocycles. The molecule has 2 aromatic heterocycles. The molecule has 6 nitrogen and oxygen atoms in total. The molecule has 10 heteroatoms. The van der Waals surface area contributed by atoms with Gasteiger partial charge in [0.1, 0.15) is 17.5 Å². The van der Waals surface area contributed by atoms with Crippen LogP contribution in [0.2, 0.25) is 5.15 Å². The minimum absolute atomic E-state index is 0.133. The van der Waals surface area contributed by atoms with Gasteiger partial charge in [-0.2, -0.15) is 0 Å². The lowest BCUT2D eigenvalue weighted by molar-refractivity contribution is 0.146. The first-order valence-corrected chi connectivity index (χ1v) is 10.7. The van der Waals surface area contributed by atoms with Gasteiger partial charge in [-0.05, 0) is 27.0 Å². The summed E-state index contributed by atoms with van der Waals surface area (Å²) in [6.07, 6.45) is -2.89. The molecule has 3 aromatic rings. The van der Waals surface area contributed by atoms with E-state index in [9.17, 15) is 13.2 Å². The number of piperazine rings is 1. The van der Waals surface area contributed by atoms with E-state index in [1.54, 1.807) is 13.8 Å². The van der Waals surface area contributed by atoms with E-state index in [-0.39, 0.29) is 5.56 Å². The van der Waals surface area contributed by atoms with Crippen LogP contribution in [0.5, 0.6) is 0 Å². The molecule has 1 atom stereocenters. The van der Waals surface area contributed by atoms with Crippen molar-refractivity contribution in [3.8, 4) is 0 Å². The number of fused-ring (bicyclic) bond motifs is 1. The molecule has 0 amide bonds. The summed E-state index contributed by atoms with van der Waals surface area (Å²) in [6, 6.07) is 5.27. The van der Waals surface area contributed by atoms with E-state index < -0.39 is 23.8 Å². The van der Waals surface area contributed by atoms with Crippen LogP contribution in [0.4, 0.5) is 24.7 Å². The van der Waals surface area contributed by atoms with Gasteiger partial charge >= 0.3 is 0 Å². The molecule has 0 aliphatic carbocycles. The number of aryl methyl sites for hydroxylation is 1. The van der Waals surface area contributed by atoms with Gasteiger partial charge in [0.25, 0.3) is 6.43 Å². The normalized spacial score (nSPS) is 16.1. The summed E-state index contributed by atoms with van der Waals surface area (Å²) in [6.45, 7) is 6.84. The van der Waals surface area contributed by atoms with Crippen molar-refractivity contribution in [3.05, 3.63) is 52.2 Å². The molecule has 0 unspecified atom stereocenters. The molecule has 32 heavy (non-hydrogen) atoms. The molecule has 1 fully saturated rings. The molecule has 4 rings (SSSR count). The van der Waals surface area contributed by atoms with Gasteiger partial charge in [-0.3, -0.25) is 0 Å². The number of hydrogen-bond donors (Lipinski definition) is 1. The molecule has 170 valence electrons. The van der Waals surface area contributed by atoms with Crippen LogP contribution in [-0.4, -0.2) is 53.1 Å². The van der Waals surface area contributed by atoms with Crippen LogP contribution in [0.15, 0.2) is 24.3 Å². The van der Waals surface area contributed by atoms with Gasteiger partial charge in [0.15, 0.2) is 10.8 Å². The zero-order valence-electron chi connectivity index (χ0n) is 18.0. The Kier molecular flexibility index (Phi) is 6.39. The third-order valence-electron chi connectivity index (χ3n) is 5.69. The second kappa shape index (κ2) is 9.07. The Morgan fingerprint density at radius 3 is 2.44 bits per heavy atom. The minimum atomic E-state index is -2.89. The first-order chi connectivity index (χ1) is 15.2. The third kappa shape index (κ3) is 4.45. The Hall–Kier alpha value is -2.65. The van der Waals surface area contributed by atoms with E-state index in [4.69, 9.17) is 11.6 Å². The van der Waals surface area contributed by atoms with Crippen LogP contribution >= 0.6 is 11.6 Å².